The summed E-state index contributed by atoms with van der Waals surface area (Å²) in [6.07, 6.45) is 0. The zero-order valence-electron chi connectivity index (χ0n) is 32.1. The molecule has 0 unspecified atom stereocenters. The normalized spacial score (nSPS) is 12.7. The van der Waals surface area contributed by atoms with Gasteiger partial charge in [0.25, 0.3) is 0 Å². The Morgan fingerprint density at radius 2 is 0.845 bits per heavy atom. The molecule has 274 valence electrons. The molecule has 0 N–H and O–H groups in total. The van der Waals surface area contributed by atoms with Crippen molar-refractivity contribution in [2.24, 2.45) is 0 Å². The molecule has 10 aromatic rings. The minimum atomic E-state index is -0.238. The van der Waals surface area contributed by atoms with Crippen LogP contribution in [0.2, 0.25) is 0 Å². The van der Waals surface area contributed by atoms with Crippen LogP contribution in [0.25, 0.3) is 64.7 Å². The first-order valence-corrected chi connectivity index (χ1v) is 20.8. The van der Waals surface area contributed by atoms with E-state index in [9.17, 15) is 0 Å². The molecule has 11 rings (SSSR count). The molecule has 1 aromatic heterocycles. The molecule has 1 aliphatic carbocycles. The van der Waals surface area contributed by atoms with Crippen LogP contribution in [0.15, 0.2) is 218 Å². The molecule has 1 aliphatic rings. The van der Waals surface area contributed by atoms with Crippen molar-refractivity contribution >= 4 is 48.6 Å². The predicted molar refractivity (Wildman–Crippen MR) is 248 cm³/mol. The first-order valence-electron chi connectivity index (χ1n) is 20.0. The smallest absolute Gasteiger partial charge is 0.0476 e. The van der Waals surface area contributed by atoms with Gasteiger partial charge in [-0.15, -0.1) is 11.3 Å². The third kappa shape index (κ3) is 5.68. The largest absolute Gasteiger partial charge is 0.310 e. The highest BCUT2D eigenvalue weighted by molar-refractivity contribution is 7.25. The number of nitrogens with zero attached hydrogens (tertiary/aromatic N) is 1. The van der Waals surface area contributed by atoms with Gasteiger partial charge in [0.1, 0.15) is 0 Å². The Morgan fingerprint density at radius 3 is 1.43 bits per heavy atom. The number of benzene rings is 9. The van der Waals surface area contributed by atoms with Gasteiger partial charge in [-0.25, -0.2) is 0 Å². The van der Waals surface area contributed by atoms with Crippen LogP contribution in [0.5, 0.6) is 0 Å². The summed E-state index contributed by atoms with van der Waals surface area (Å²) in [5, 5.41) is 2.60. The van der Waals surface area contributed by atoms with E-state index in [1.54, 1.807) is 0 Å². The summed E-state index contributed by atoms with van der Waals surface area (Å²) in [6.45, 7) is 2.40. The van der Waals surface area contributed by atoms with Crippen molar-refractivity contribution in [3.05, 3.63) is 235 Å². The van der Waals surface area contributed by atoms with Crippen molar-refractivity contribution < 1.29 is 0 Å². The van der Waals surface area contributed by atoms with E-state index in [0.29, 0.717) is 0 Å². The van der Waals surface area contributed by atoms with E-state index in [1.165, 1.54) is 81.4 Å². The maximum atomic E-state index is 2.46. The van der Waals surface area contributed by atoms with E-state index >= 15 is 0 Å². The summed E-state index contributed by atoms with van der Waals surface area (Å²) >= 11 is 1.88. The lowest BCUT2D eigenvalue weighted by Gasteiger charge is -2.28. The minimum absolute atomic E-state index is 0.238. The molecule has 0 spiro atoms. The van der Waals surface area contributed by atoms with Crippen LogP contribution in [-0.4, -0.2) is 0 Å². The molecule has 0 bridgehead atoms. The van der Waals surface area contributed by atoms with E-state index in [2.05, 4.69) is 230 Å². The summed E-state index contributed by atoms with van der Waals surface area (Å²) in [5.41, 5.74) is 17.0. The summed E-state index contributed by atoms with van der Waals surface area (Å²) in [5.74, 6) is 0. The Morgan fingerprint density at radius 1 is 0.345 bits per heavy atom. The highest BCUT2D eigenvalue weighted by Gasteiger charge is 2.40. The third-order valence-corrected chi connectivity index (χ3v) is 13.3. The van der Waals surface area contributed by atoms with Gasteiger partial charge in [0.05, 0.1) is 0 Å². The lowest BCUT2D eigenvalue weighted by Crippen LogP contribution is -2.22. The lowest BCUT2D eigenvalue weighted by atomic mass is 9.74. The van der Waals surface area contributed by atoms with Gasteiger partial charge < -0.3 is 4.90 Å². The van der Waals surface area contributed by atoms with Gasteiger partial charge in [0, 0.05) is 42.6 Å². The number of hydrogen-bond donors (Lipinski definition) is 0. The second-order valence-electron chi connectivity index (χ2n) is 15.5. The Balaban J connectivity index is 1.08. The molecule has 0 atom stereocenters. The summed E-state index contributed by atoms with van der Waals surface area (Å²) in [7, 11) is 0. The number of rotatable bonds is 7. The molecule has 58 heavy (non-hydrogen) atoms. The lowest BCUT2D eigenvalue weighted by molar-refractivity contribution is 0.715. The molecule has 2 heteroatoms. The number of fused-ring (bicyclic) bond motifs is 6. The van der Waals surface area contributed by atoms with Gasteiger partial charge in [-0.05, 0) is 123 Å². The molecule has 0 amide bonds. The fraction of sp³-hybridized carbons (Fsp3) is 0.0357. The van der Waals surface area contributed by atoms with E-state index in [-0.39, 0.29) is 5.41 Å². The Hall–Kier alpha value is -7.00. The highest BCUT2D eigenvalue weighted by atomic mass is 32.1. The minimum Gasteiger partial charge on any atom is -0.310 e. The summed E-state index contributed by atoms with van der Waals surface area (Å²) < 4.78 is 2.57. The average molecular weight is 758 g/mol. The Labute approximate surface area is 343 Å². The second kappa shape index (κ2) is 13.9. The van der Waals surface area contributed by atoms with Crippen molar-refractivity contribution in [3.8, 4) is 44.5 Å². The van der Waals surface area contributed by atoms with E-state index in [1.807, 2.05) is 11.3 Å². The van der Waals surface area contributed by atoms with Gasteiger partial charge >= 0.3 is 0 Å². The molecule has 0 aliphatic heterocycles. The van der Waals surface area contributed by atoms with Gasteiger partial charge in [0.2, 0.25) is 0 Å². The Bertz CT molecular complexity index is 3000. The first-order chi connectivity index (χ1) is 28.6. The van der Waals surface area contributed by atoms with E-state index < -0.39 is 0 Å². The molecule has 0 saturated carbocycles. The van der Waals surface area contributed by atoms with Crippen molar-refractivity contribution in [1.29, 1.82) is 0 Å². The number of hydrogen-bond acceptors (Lipinski definition) is 2. The van der Waals surface area contributed by atoms with E-state index in [4.69, 9.17) is 0 Å². The quantitative estimate of drug-likeness (QED) is 0.156. The number of thiophene rings is 1. The highest BCUT2D eigenvalue weighted by Crippen LogP contribution is 2.53. The van der Waals surface area contributed by atoms with Gasteiger partial charge in [-0.3, -0.25) is 0 Å². The predicted octanol–water partition coefficient (Wildman–Crippen LogP) is 15.9. The standard InChI is InChI=1S/C56H39NS/c1-56(52-23-13-11-21-48(52)49-22-12-14-24-53(49)56)44-27-32-54-51(36-44)50-31-30-46(37-55(50)58-54)57(45-28-25-41(26-29-45)38-15-5-2-6-16-38)47-34-42(39-17-7-3-8-18-39)33-43(35-47)40-19-9-4-10-20-40/h2-37H,1H3. The van der Waals surface area contributed by atoms with Gasteiger partial charge in [-0.1, -0.05) is 164 Å². The van der Waals surface area contributed by atoms with Gasteiger partial charge in [0.15, 0.2) is 0 Å². The molecule has 0 radical (unpaired) electrons. The molecule has 1 heterocycles. The van der Waals surface area contributed by atoms with Crippen LogP contribution in [0, 0.1) is 0 Å². The van der Waals surface area contributed by atoms with Crippen molar-refractivity contribution in [3.63, 3.8) is 0 Å². The fourth-order valence-electron chi connectivity index (χ4n) is 9.20. The first kappa shape index (κ1) is 34.3. The number of anilines is 3. The Kier molecular flexibility index (Phi) is 8.20. The zero-order chi connectivity index (χ0) is 38.6. The van der Waals surface area contributed by atoms with Crippen LogP contribution < -0.4 is 4.90 Å². The van der Waals surface area contributed by atoms with Crippen LogP contribution in [0.3, 0.4) is 0 Å². The molecule has 1 nitrogen and oxygen atoms in total. The van der Waals surface area contributed by atoms with E-state index in [0.717, 1.165) is 17.1 Å². The summed E-state index contributed by atoms with van der Waals surface area (Å²) in [4.78, 5) is 2.43. The average Bonchev–Trinajstić information content (AvgIpc) is 3.80. The SMILES string of the molecule is CC1(c2ccc3sc4cc(N(c5ccc(-c6ccccc6)cc5)c5cc(-c6ccccc6)cc(-c6ccccc6)c5)ccc4c3c2)c2ccccc2-c2ccccc21. The van der Waals surface area contributed by atoms with Crippen LogP contribution >= 0.6 is 11.3 Å². The summed E-state index contributed by atoms with van der Waals surface area (Å²) in [6, 6.07) is 80.2. The van der Waals surface area contributed by atoms with Gasteiger partial charge in [-0.2, -0.15) is 0 Å². The molecule has 0 saturated heterocycles. The molecular formula is C56H39NS. The van der Waals surface area contributed by atoms with Crippen LogP contribution in [0.1, 0.15) is 23.6 Å². The molecular weight excluding hydrogens is 719 g/mol. The zero-order valence-corrected chi connectivity index (χ0v) is 33.0. The topological polar surface area (TPSA) is 3.24 Å². The maximum absolute atomic E-state index is 2.46. The monoisotopic (exact) mass is 757 g/mol. The maximum Gasteiger partial charge on any atom is 0.0476 e. The van der Waals surface area contributed by atoms with Crippen molar-refractivity contribution in [2.45, 2.75) is 12.3 Å². The second-order valence-corrected chi connectivity index (χ2v) is 16.5. The molecule has 0 fully saturated rings. The van der Waals surface area contributed by atoms with Crippen LogP contribution in [-0.2, 0) is 5.41 Å². The van der Waals surface area contributed by atoms with Crippen LogP contribution in [0.4, 0.5) is 17.1 Å². The van der Waals surface area contributed by atoms with Crippen molar-refractivity contribution in [1.82, 2.24) is 0 Å². The fourth-order valence-corrected chi connectivity index (χ4v) is 10.3. The van der Waals surface area contributed by atoms with Crippen molar-refractivity contribution in [2.75, 3.05) is 4.90 Å². The molecule has 9 aromatic carbocycles. The third-order valence-electron chi connectivity index (χ3n) is 12.1.